The third kappa shape index (κ3) is 7.91. The van der Waals surface area contributed by atoms with E-state index < -0.39 is 29.9 Å². The van der Waals surface area contributed by atoms with Gasteiger partial charge in [0, 0.05) is 6.42 Å². The summed E-state index contributed by atoms with van der Waals surface area (Å²) in [5.74, 6) is 0.395. The fourth-order valence-electron chi connectivity index (χ4n) is 3.07. The number of carbonyl (C=O) groups excluding carboxylic acids is 2. The van der Waals surface area contributed by atoms with Crippen LogP contribution in [0.5, 0.6) is 0 Å². The summed E-state index contributed by atoms with van der Waals surface area (Å²) in [4.78, 5) is 24.6. The molecule has 0 aliphatic carbocycles. The Labute approximate surface area is 198 Å². The van der Waals surface area contributed by atoms with Gasteiger partial charge in [0.25, 0.3) is 0 Å². The van der Waals surface area contributed by atoms with Gasteiger partial charge < -0.3 is 24.5 Å². The van der Waals surface area contributed by atoms with Gasteiger partial charge in [-0.25, -0.2) is 9.59 Å². The van der Waals surface area contributed by atoms with Crippen molar-refractivity contribution in [2.24, 2.45) is 0 Å². The van der Waals surface area contributed by atoms with Crippen LogP contribution in [0, 0.1) is 0 Å². The number of rotatable bonds is 8. The number of hydrogen-bond acceptors (Lipinski definition) is 7. The molecule has 2 amide bonds. The number of carbonyl (C=O) groups is 2. The molecule has 0 aliphatic heterocycles. The molecule has 2 aromatic carbocycles. The number of alkyl carbamates (subject to hydrolysis) is 2. The molecule has 1 heterocycles. The molecule has 3 aromatic rings. The quantitative estimate of drug-likeness (QED) is 0.487. The van der Waals surface area contributed by atoms with Gasteiger partial charge in [-0.2, -0.15) is 0 Å². The number of benzene rings is 2. The minimum atomic E-state index is -0.653. The van der Waals surface area contributed by atoms with Crippen LogP contribution in [-0.4, -0.2) is 28.0 Å². The highest BCUT2D eigenvalue weighted by molar-refractivity contribution is 5.68. The van der Waals surface area contributed by atoms with E-state index in [0.717, 1.165) is 11.1 Å². The summed E-state index contributed by atoms with van der Waals surface area (Å²) in [5, 5.41) is 13.6. The van der Waals surface area contributed by atoms with Crippen molar-refractivity contribution in [1.82, 2.24) is 20.8 Å². The molecule has 9 heteroatoms. The van der Waals surface area contributed by atoms with Gasteiger partial charge in [-0.05, 0) is 38.8 Å². The van der Waals surface area contributed by atoms with Crippen LogP contribution < -0.4 is 10.6 Å². The maximum absolute atomic E-state index is 12.4. The summed E-state index contributed by atoms with van der Waals surface area (Å²) < 4.78 is 16.4. The maximum Gasteiger partial charge on any atom is 0.408 e. The van der Waals surface area contributed by atoms with Crippen molar-refractivity contribution < 1.29 is 23.5 Å². The lowest BCUT2D eigenvalue weighted by Gasteiger charge is -2.22. The van der Waals surface area contributed by atoms with Crippen LogP contribution in [0.1, 0.15) is 62.7 Å². The Balaban J connectivity index is 1.65. The first-order valence-electron chi connectivity index (χ1n) is 11.0. The van der Waals surface area contributed by atoms with Gasteiger partial charge in [-0.1, -0.05) is 60.7 Å². The number of amides is 2. The molecule has 0 aliphatic rings. The molecular formula is C25H30N4O5. The lowest BCUT2D eigenvalue weighted by Crippen LogP contribution is -2.36. The molecule has 0 spiro atoms. The van der Waals surface area contributed by atoms with Crippen molar-refractivity contribution in [1.29, 1.82) is 0 Å². The third-order valence-corrected chi connectivity index (χ3v) is 4.65. The first-order valence-corrected chi connectivity index (χ1v) is 11.0. The number of aromatic nitrogens is 2. The van der Waals surface area contributed by atoms with E-state index in [1.807, 2.05) is 60.7 Å². The minimum absolute atomic E-state index is 0.146. The van der Waals surface area contributed by atoms with Crippen LogP contribution in [0.2, 0.25) is 0 Å². The largest absolute Gasteiger partial charge is 0.445 e. The number of hydrogen-bond donors (Lipinski definition) is 2. The number of nitrogens with zero attached hydrogens (tertiary/aromatic N) is 2. The number of ether oxygens (including phenoxy) is 2. The Morgan fingerprint density at radius 1 is 0.882 bits per heavy atom. The molecule has 9 nitrogen and oxygen atoms in total. The van der Waals surface area contributed by atoms with Crippen molar-refractivity contribution in [3.05, 3.63) is 83.6 Å². The Morgan fingerprint density at radius 2 is 1.47 bits per heavy atom. The standard InChI is InChI=1S/C25H30N4O5/c1-17(26-23(30)32-16-19-13-9-6-10-14-19)21-28-29-22(33-21)20(15-18-11-7-5-8-12-18)27-24(31)34-25(2,3)4/h5-14,17,20H,15-16H2,1-4H3,(H,26,30)(H,27,31)/t17-,20-/m0/s1. The second-order valence-corrected chi connectivity index (χ2v) is 8.79. The Kier molecular flexibility index (Phi) is 8.24. The van der Waals surface area contributed by atoms with E-state index in [1.54, 1.807) is 27.7 Å². The summed E-state index contributed by atoms with van der Waals surface area (Å²) in [6.07, 6.45) is -0.782. The molecule has 34 heavy (non-hydrogen) atoms. The Morgan fingerprint density at radius 3 is 2.09 bits per heavy atom. The molecule has 3 rings (SSSR count). The molecule has 1 aromatic heterocycles. The van der Waals surface area contributed by atoms with E-state index in [4.69, 9.17) is 13.9 Å². The van der Waals surface area contributed by atoms with Crippen molar-refractivity contribution in [3.63, 3.8) is 0 Å². The van der Waals surface area contributed by atoms with Crippen molar-refractivity contribution in [2.75, 3.05) is 0 Å². The van der Waals surface area contributed by atoms with Crippen molar-refractivity contribution in [3.8, 4) is 0 Å². The predicted molar refractivity (Wildman–Crippen MR) is 125 cm³/mol. The molecule has 0 saturated carbocycles. The SMILES string of the molecule is C[C@H](NC(=O)OCc1ccccc1)c1nnc([C@H](Cc2ccccc2)NC(=O)OC(C)(C)C)o1. The van der Waals surface area contributed by atoms with E-state index in [1.165, 1.54) is 0 Å². The minimum Gasteiger partial charge on any atom is -0.445 e. The third-order valence-electron chi connectivity index (χ3n) is 4.65. The van der Waals surface area contributed by atoms with Crippen LogP contribution >= 0.6 is 0 Å². The molecule has 2 N–H and O–H groups in total. The van der Waals surface area contributed by atoms with Gasteiger partial charge in [0.05, 0.1) is 0 Å². The highest BCUT2D eigenvalue weighted by atomic mass is 16.6. The fourth-order valence-corrected chi connectivity index (χ4v) is 3.07. The van der Waals surface area contributed by atoms with Gasteiger partial charge >= 0.3 is 12.2 Å². The summed E-state index contributed by atoms with van der Waals surface area (Å²) in [6.45, 7) is 7.21. The zero-order chi connectivity index (χ0) is 24.6. The first-order chi connectivity index (χ1) is 16.2. The zero-order valence-corrected chi connectivity index (χ0v) is 19.8. The highest BCUT2D eigenvalue weighted by Crippen LogP contribution is 2.21. The Bertz CT molecular complexity index is 1060. The lowest BCUT2D eigenvalue weighted by atomic mass is 10.1. The molecule has 0 saturated heterocycles. The molecule has 0 radical (unpaired) electrons. The average molecular weight is 467 g/mol. The molecule has 0 fully saturated rings. The smallest absolute Gasteiger partial charge is 0.408 e. The summed E-state index contributed by atoms with van der Waals surface area (Å²) in [7, 11) is 0. The maximum atomic E-state index is 12.4. The highest BCUT2D eigenvalue weighted by Gasteiger charge is 2.26. The van der Waals surface area contributed by atoms with E-state index in [9.17, 15) is 9.59 Å². The summed E-state index contributed by atoms with van der Waals surface area (Å²) in [6, 6.07) is 17.8. The van der Waals surface area contributed by atoms with E-state index in [-0.39, 0.29) is 18.4 Å². The van der Waals surface area contributed by atoms with Crippen molar-refractivity contribution in [2.45, 2.75) is 58.4 Å². The Hall–Kier alpha value is -3.88. The van der Waals surface area contributed by atoms with Gasteiger partial charge in [-0.15, -0.1) is 10.2 Å². The monoisotopic (exact) mass is 466 g/mol. The summed E-state index contributed by atoms with van der Waals surface area (Å²) >= 11 is 0. The second kappa shape index (κ2) is 11.3. The molecular weight excluding hydrogens is 436 g/mol. The summed E-state index contributed by atoms with van der Waals surface area (Å²) in [5.41, 5.74) is 1.20. The lowest BCUT2D eigenvalue weighted by molar-refractivity contribution is 0.0495. The van der Waals surface area contributed by atoms with Gasteiger partial charge in [0.2, 0.25) is 11.8 Å². The van der Waals surface area contributed by atoms with Crippen molar-refractivity contribution >= 4 is 12.2 Å². The van der Waals surface area contributed by atoms with Crippen LogP contribution in [-0.2, 0) is 22.5 Å². The topological polar surface area (TPSA) is 116 Å². The molecule has 2 atom stereocenters. The van der Waals surface area contributed by atoms with E-state index in [0.29, 0.717) is 6.42 Å². The van der Waals surface area contributed by atoms with Crippen LogP contribution in [0.4, 0.5) is 9.59 Å². The fraction of sp³-hybridized carbons (Fsp3) is 0.360. The number of nitrogens with one attached hydrogen (secondary N) is 2. The van der Waals surface area contributed by atoms with Crippen LogP contribution in [0.15, 0.2) is 65.1 Å². The van der Waals surface area contributed by atoms with E-state index in [2.05, 4.69) is 20.8 Å². The average Bonchev–Trinajstić information content (AvgIpc) is 3.28. The molecule has 0 unspecified atom stereocenters. The molecule has 0 bridgehead atoms. The van der Waals surface area contributed by atoms with E-state index >= 15 is 0 Å². The zero-order valence-electron chi connectivity index (χ0n) is 19.8. The van der Waals surface area contributed by atoms with Gasteiger partial charge in [-0.3, -0.25) is 0 Å². The van der Waals surface area contributed by atoms with Gasteiger partial charge in [0.1, 0.15) is 24.3 Å². The predicted octanol–water partition coefficient (Wildman–Crippen LogP) is 4.87. The molecule has 180 valence electrons. The van der Waals surface area contributed by atoms with Crippen LogP contribution in [0.25, 0.3) is 0 Å². The second-order valence-electron chi connectivity index (χ2n) is 8.79. The normalized spacial score (nSPS) is 12.9. The van der Waals surface area contributed by atoms with Crippen LogP contribution in [0.3, 0.4) is 0 Å². The first kappa shape index (κ1) is 24.8. The van der Waals surface area contributed by atoms with Gasteiger partial charge in [0.15, 0.2) is 0 Å².